The highest BCUT2D eigenvalue weighted by atomic mass is 32.2. The molecule has 1 fully saturated rings. The Labute approximate surface area is 122 Å². The molecule has 1 aliphatic rings. The van der Waals surface area contributed by atoms with Crippen molar-refractivity contribution in [2.75, 3.05) is 24.6 Å². The normalized spacial score (nSPS) is 18.9. The second-order valence-corrected chi connectivity index (χ2v) is 8.60. The molecule has 0 atom stereocenters. The van der Waals surface area contributed by atoms with Crippen LogP contribution in [0.15, 0.2) is 5.38 Å². The molecule has 0 unspecified atom stereocenters. The highest BCUT2D eigenvalue weighted by Gasteiger charge is 2.16. The summed E-state index contributed by atoms with van der Waals surface area (Å²) in [6.45, 7) is 10.1. The number of aromatic nitrogens is 1. The van der Waals surface area contributed by atoms with Crippen LogP contribution in [0.25, 0.3) is 0 Å². The highest BCUT2D eigenvalue weighted by Crippen LogP contribution is 2.14. The van der Waals surface area contributed by atoms with Crippen LogP contribution < -0.4 is 5.32 Å². The van der Waals surface area contributed by atoms with Crippen molar-refractivity contribution >= 4 is 22.1 Å². The van der Waals surface area contributed by atoms with Gasteiger partial charge in [0.1, 0.15) is 5.01 Å². The van der Waals surface area contributed by atoms with Crippen LogP contribution in [0, 0.1) is 0 Å². The molecule has 0 bridgehead atoms. The van der Waals surface area contributed by atoms with E-state index in [-0.39, 0.29) is 5.54 Å². The fourth-order valence-corrected chi connectivity index (χ4v) is 3.76. The summed E-state index contributed by atoms with van der Waals surface area (Å²) < 4.78 is 11.3. The van der Waals surface area contributed by atoms with Crippen LogP contribution >= 0.6 is 11.3 Å². The van der Waals surface area contributed by atoms with Crippen molar-refractivity contribution in [2.24, 2.45) is 0 Å². The van der Waals surface area contributed by atoms with Crippen molar-refractivity contribution in [1.29, 1.82) is 0 Å². The molecule has 0 amide bonds. The molecule has 0 saturated carbocycles. The summed E-state index contributed by atoms with van der Waals surface area (Å²) >= 11 is 1.72. The zero-order chi connectivity index (χ0) is 13.9. The molecule has 2 heterocycles. The van der Waals surface area contributed by atoms with Crippen LogP contribution in [0.3, 0.4) is 0 Å². The quantitative estimate of drug-likeness (QED) is 0.917. The van der Waals surface area contributed by atoms with Gasteiger partial charge in [0.15, 0.2) is 0 Å². The zero-order valence-electron chi connectivity index (χ0n) is 11.9. The van der Waals surface area contributed by atoms with Crippen molar-refractivity contribution in [3.63, 3.8) is 0 Å². The number of nitrogens with zero attached hydrogens (tertiary/aromatic N) is 2. The Hall–Kier alpha value is -0.300. The van der Waals surface area contributed by atoms with Crippen LogP contribution in [-0.2, 0) is 23.9 Å². The van der Waals surface area contributed by atoms with Crippen LogP contribution in [0.2, 0.25) is 0 Å². The van der Waals surface area contributed by atoms with Gasteiger partial charge < -0.3 is 5.32 Å². The molecule has 1 saturated heterocycles. The van der Waals surface area contributed by atoms with Crippen molar-refractivity contribution in [2.45, 2.75) is 39.4 Å². The van der Waals surface area contributed by atoms with E-state index in [9.17, 15) is 4.21 Å². The lowest BCUT2D eigenvalue weighted by Gasteiger charge is -2.25. The molecule has 108 valence electrons. The van der Waals surface area contributed by atoms with E-state index in [0.717, 1.165) is 48.4 Å². The number of hydrogen-bond donors (Lipinski definition) is 1. The van der Waals surface area contributed by atoms with Crippen LogP contribution in [-0.4, -0.2) is 44.2 Å². The SMILES string of the molecule is CC(C)(C)NCc1nc(CN2CCS(=O)CC2)cs1. The van der Waals surface area contributed by atoms with Gasteiger partial charge >= 0.3 is 0 Å². The monoisotopic (exact) mass is 301 g/mol. The Balaban J connectivity index is 1.82. The Bertz CT molecular complexity index is 429. The van der Waals surface area contributed by atoms with E-state index in [2.05, 4.69) is 41.4 Å². The molecule has 0 radical (unpaired) electrons. The van der Waals surface area contributed by atoms with Gasteiger partial charge in [-0.25, -0.2) is 4.98 Å². The van der Waals surface area contributed by atoms with E-state index in [0.29, 0.717) is 0 Å². The molecule has 1 aromatic heterocycles. The predicted molar refractivity (Wildman–Crippen MR) is 81.9 cm³/mol. The van der Waals surface area contributed by atoms with Gasteiger partial charge in [-0.05, 0) is 20.8 Å². The molecule has 0 aromatic carbocycles. The maximum absolute atomic E-state index is 11.3. The third-order valence-electron chi connectivity index (χ3n) is 3.03. The number of hydrogen-bond acceptors (Lipinski definition) is 5. The lowest BCUT2D eigenvalue weighted by molar-refractivity contribution is 0.288. The second-order valence-electron chi connectivity index (χ2n) is 5.96. The minimum Gasteiger partial charge on any atom is -0.306 e. The van der Waals surface area contributed by atoms with E-state index in [1.807, 2.05) is 0 Å². The van der Waals surface area contributed by atoms with Crippen molar-refractivity contribution in [1.82, 2.24) is 15.2 Å². The summed E-state index contributed by atoms with van der Waals surface area (Å²) in [6.07, 6.45) is 0. The van der Waals surface area contributed by atoms with Crippen molar-refractivity contribution in [3.05, 3.63) is 16.1 Å². The lowest BCUT2D eigenvalue weighted by atomic mass is 10.1. The number of thiazole rings is 1. The molecule has 0 aliphatic carbocycles. The fraction of sp³-hybridized carbons (Fsp3) is 0.769. The smallest absolute Gasteiger partial charge is 0.107 e. The van der Waals surface area contributed by atoms with Gasteiger partial charge in [-0.3, -0.25) is 9.11 Å². The first kappa shape index (κ1) is 15.1. The molecule has 6 heteroatoms. The summed E-state index contributed by atoms with van der Waals surface area (Å²) in [7, 11) is -0.596. The van der Waals surface area contributed by atoms with Gasteiger partial charge in [-0.1, -0.05) is 0 Å². The fourth-order valence-electron chi connectivity index (χ4n) is 1.91. The molecule has 0 spiro atoms. The first-order chi connectivity index (χ1) is 8.92. The first-order valence-corrected chi connectivity index (χ1v) is 9.05. The van der Waals surface area contributed by atoms with E-state index in [1.54, 1.807) is 11.3 Å². The molecular weight excluding hydrogens is 278 g/mol. The zero-order valence-corrected chi connectivity index (χ0v) is 13.6. The molecule has 1 aromatic rings. The van der Waals surface area contributed by atoms with Gasteiger partial charge in [0.25, 0.3) is 0 Å². The van der Waals surface area contributed by atoms with Gasteiger partial charge in [0.2, 0.25) is 0 Å². The van der Waals surface area contributed by atoms with E-state index in [4.69, 9.17) is 0 Å². The van der Waals surface area contributed by atoms with Gasteiger partial charge in [0, 0.05) is 59.4 Å². The summed E-state index contributed by atoms with van der Waals surface area (Å²) in [5.74, 6) is 1.62. The standard InChI is InChI=1S/C13H23N3OS2/c1-13(2,3)14-8-12-15-11(10-18-12)9-16-4-6-19(17)7-5-16/h10,14H,4-9H2,1-3H3. The van der Waals surface area contributed by atoms with Gasteiger partial charge in [-0.2, -0.15) is 0 Å². The van der Waals surface area contributed by atoms with E-state index >= 15 is 0 Å². The van der Waals surface area contributed by atoms with Crippen LogP contribution in [0.1, 0.15) is 31.5 Å². The van der Waals surface area contributed by atoms with Crippen molar-refractivity contribution < 1.29 is 4.21 Å². The average molecular weight is 301 g/mol. The van der Waals surface area contributed by atoms with E-state index < -0.39 is 10.8 Å². The Morgan fingerprint density at radius 2 is 2.11 bits per heavy atom. The highest BCUT2D eigenvalue weighted by molar-refractivity contribution is 7.85. The minimum absolute atomic E-state index is 0.128. The molecule has 19 heavy (non-hydrogen) atoms. The molecule has 2 rings (SSSR count). The Morgan fingerprint density at radius 3 is 2.74 bits per heavy atom. The number of rotatable bonds is 4. The second kappa shape index (κ2) is 6.43. The maximum atomic E-state index is 11.3. The van der Waals surface area contributed by atoms with E-state index in [1.165, 1.54) is 0 Å². The summed E-state index contributed by atoms with van der Waals surface area (Å²) in [4.78, 5) is 7.01. The Morgan fingerprint density at radius 1 is 1.42 bits per heavy atom. The largest absolute Gasteiger partial charge is 0.306 e. The Kier molecular flexibility index (Phi) is 5.11. The third kappa shape index (κ3) is 5.30. The molecule has 1 aliphatic heterocycles. The number of nitrogens with one attached hydrogen (secondary N) is 1. The molecular formula is C13H23N3OS2. The molecule has 4 nitrogen and oxygen atoms in total. The summed E-state index contributed by atoms with van der Waals surface area (Å²) in [5.41, 5.74) is 1.27. The first-order valence-electron chi connectivity index (χ1n) is 6.68. The lowest BCUT2D eigenvalue weighted by Crippen LogP contribution is -2.37. The van der Waals surface area contributed by atoms with Crippen LogP contribution in [0.4, 0.5) is 0 Å². The third-order valence-corrected chi connectivity index (χ3v) is 5.20. The van der Waals surface area contributed by atoms with Gasteiger partial charge in [-0.15, -0.1) is 11.3 Å². The van der Waals surface area contributed by atoms with Gasteiger partial charge in [0.05, 0.1) is 5.69 Å². The predicted octanol–water partition coefficient (Wildman–Crippen LogP) is 1.60. The maximum Gasteiger partial charge on any atom is 0.107 e. The van der Waals surface area contributed by atoms with Crippen LogP contribution in [0.5, 0.6) is 0 Å². The van der Waals surface area contributed by atoms with Crippen molar-refractivity contribution in [3.8, 4) is 0 Å². The summed E-state index contributed by atoms with van der Waals surface area (Å²) in [6, 6.07) is 0. The average Bonchev–Trinajstić information content (AvgIpc) is 2.77. The summed E-state index contributed by atoms with van der Waals surface area (Å²) in [5, 5.41) is 6.74. The topological polar surface area (TPSA) is 45.2 Å². The minimum atomic E-state index is -0.596. The molecule has 1 N–H and O–H groups in total.